The highest BCUT2D eigenvalue weighted by Gasteiger charge is 2.31. The molecule has 11 heteroatoms. The normalized spacial score (nSPS) is 15.1. The third-order valence-corrected chi connectivity index (χ3v) is 7.36. The molecule has 0 radical (unpaired) electrons. The first kappa shape index (κ1) is 25.9. The smallest absolute Gasteiger partial charge is 0.266 e. The Labute approximate surface area is 208 Å². The average molecular weight is 520 g/mol. The summed E-state index contributed by atoms with van der Waals surface area (Å²) in [6, 6.07) is 13.1. The number of hydrogen-bond acceptors (Lipinski definition) is 7. The van der Waals surface area contributed by atoms with Gasteiger partial charge in [0.2, 0.25) is 15.9 Å². The van der Waals surface area contributed by atoms with Gasteiger partial charge in [0.15, 0.2) is 0 Å². The second-order valence-corrected chi connectivity index (χ2v) is 10.7. The molecule has 1 aliphatic rings. The number of benzene rings is 2. The van der Waals surface area contributed by atoms with E-state index in [1.54, 1.807) is 18.1 Å². The lowest BCUT2D eigenvalue weighted by molar-refractivity contribution is -0.122. The van der Waals surface area contributed by atoms with Crippen LogP contribution in [0, 0.1) is 0 Å². The second-order valence-electron chi connectivity index (χ2n) is 7.50. The maximum Gasteiger partial charge on any atom is 0.266 e. The number of carbonyl (C=O) groups is 2. The summed E-state index contributed by atoms with van der Waals surface area (Å²) in [6.45, 7) is 0.491. The monoisotopic (exact) mass is 519 g/mol. The summed E-state index contributed by atoms with van der Waals surface area (Å²) in [6.07, 6.45) is 4.21. The van der Waals surface area contributed by atoms with Gasteiger partial charge in [0.25, 0.3) is 5.91 Å². The predicted octanol–water partition coefficient (Wildman–Crippen LogP) is 3.74. The highest BCUT2D eigenvalue weighted by atomic mass is 32.2. The molecule has 2 aromatic carbocycles. The van der Waals surface area contributed by atoms with Crippen molar-refractivity contribution in [2.24, 2.45) is 5.14 Å². The summed E-state index contributed by atoms with van der Waals surface area (Å²) in [5.74, 6) is 0.390. The van der Waals surface area contributed by atoms with Crippen molar-refractivity contribution < 1.29 is 22.7 Å². The van der Waals surface area contributed by atoms with Crippen LogP contribution in [0.2, 0.25) is 0 Å². The van der Waals surface area contributed by atoms with Crippen LogP contribution in [0.15, 0.2) is 58.3 Å². The molecule has 1 fully saturated rings. The molecule has 180 valence electrons. The Kier molecular flexibility index (Phi) is 8.84. The maximum absolute atomic E-state index is 12.8. The van der Waals surface area contributed by atoms with Gasteiger partial charge in [-0.15, -0.1) is 0 Å². The summed E-state index contributed by atoms with van der Waals surface area (Å²) >= 11 is 6.65. The van der Waals surface area contributed by atoms with E-state index in [-0.39, 0.29) is 16.7 Å². The zero-order chi connectivity index (χ0) is 24.7. The van der Waals surface area contributed by atoms with E-state index in [4.69, 9.17) is 22.1 Å². The van der Waals surface area contributed by atoms with Crippen molar-refractivity contribution in [2.45, 2.75) is 30.6 Å². The first-order chi connectivity index (χ1) is 16.2. The minimum absolute atomic E-state index is 0.0149. The minimum atomic E-state index is -3.77. The molecule has 0 aliphatic carbocycles. The Bertz CT molecular complexity index is 1210. The molecule has 2 aromatic rings. The van der Waals surface area contributed by atoms with Crippen molar-refractivity contribution in [2.75, 3.05) is 19.0 Å². The van der Waals surface area contributed by atoms with Gasteiger partial charge < -0.3 is 10.1 Å². The zero-order valence-electron chi connectivity index (χ0n) is 18.5. The van der Waals surface area contributed by atoms with E-state index >= 15 is 0 Å². The number of rotatable bonds is 10. The van der Waals surface area contributed by atoms with E-state index in [1.807, 2.05) is 24.3 Å². The van der Waals surface area contributed by atoms with Crippen LogP contribution in [0.25, 0.3) is 6.08 Å². The number of unbranched alkanes of at least 4 members (excludes halogenated alkanes) is 2. The van der Waals surface area contributed by atoms with Gasteiger partial charge in [-0.2, -0.15) is 0 Å². The summed E-state index contributed by atoms with van der Waals surface area (Å²) in [7, 11) is -2.18. The first-order valence-electron chi connectivity index (χ1n) is 10.5. The van der Waals surface area contributed by atoms with Crippen LogP contribution < -0.4 is 15.2 Å². The van der Waals surface area contributed by atoms with E-state index in [9.17, 15) is 18.0 Å². The van der Waals surface area contributed by atoms with Crippen LogP contribution in [-0.4, -0.2) is 43.1 Å². The summed E-state index contributed by atoms with van der Waals surface area (Å²) in [5, 5.41) is 7.79. The van der Waals surface area contributed by atoms with Gasteiger partial charge in [0, 0.05) is 24.2 Å². The van der Waals surface area contributed by atoms with Gasteiger partial charge in [-0.3, -0.25) is 14.5 Å². The highest BCUT2D eigenvalue weighted by molar-refractivity contribution is 8.26. The lowest BCUT2D eigenvalue weighted by atomic mass is 10.1. The maximum atomic E-state index is 12.8. The van der Waals surface area contributed by atoms with E-state index in [0.29, 0.717) is 46.5 Å². The Morgan fingerprint density at radius 3 is 2.53 bits per heavy atom. The third kappa shape index (κ3) is 6.89. The Balaban J connectivity index is 1.43. The quantitative estimate of drug-likeness (QED) is 0.279. The molecule has 0 aromatic heterocycles. The second kappa shape index (κ2) is 11.6. The number of amides is 2. The van der Waals surface area contributed by atoms with Crippen molar-refractivity contribution >= 4 is 61.9 Å². The van der Waals surface area contributed by atoms with Gasteiger partial charge in [-0.05, 0) is 49.2 Å². The van der Waals surface area contributed by atoms with Crippen LogP contribution in [0.3, 0.4) is 0 Å². The van der Waals surface area contributed by atoms with Crippen LogP contribution in [0.1, 0.15) is 31.2 Å². The summed E-state index contributed by atoms with van der Waals surface area (Å²) in [5.41, 5.74) is 1.31. The van der Waals surface area contributed by atoms with Crippen molar-refractivity contribution in [1.29, 1.82) is 0 Å². The summed E-state index contributed by atoms with van der Waals surface area (Å²) in [4.78, 5) is 27.0. The number of carbonyl (C=O) groups excluding carboxylic acids is 2. The third-order valence-electron chi connectivity index (χ3n) is 5.05. The number of ether oxygens (including phenoxy) is 1. The predicted molar refractivity (Wildman–Crippen MR) is 138 cm³/mol. The minimum Gasteiger partial charge on any atom is -0.496 e. The largest absolute Gasteiger partial charge is 0.496 e. The van der Waals surface area contributed by atoms with Crippen LogP contribution in [0.5, 0.6) is 5.75 Å². The Hall–Kier alpha value is -2.73. The number of nitrogens with two attached hydrogens (primary N) is 1. The first-order valence-corrected chi connectivity index (χ1v) is 13.3. The fraction of sp³-hybridized carbons (Fsp3) is 0.261. The topological polar surface area (TPSA) is 119 Å². The van der Waals surface area contributed by atoms with E-state index < -0.39 is 10.0 Å². The number of thioether (sulfide) groups is 1. The molecule has 3 N–H and O–H groups in total. The molecule has 0 saturated carbocycles. The number of nitrogens with one attached hydrogen (secondary N) is 1. The number of nitrogens with zero attached hydrogens (tertiary/aromatic N) is 1. The van der Waals surface area contributed by atoms with Crippen molar-refractivity contribution in [3.63, 3.8) is 0 Å². The molecule has 34 heavy (non-hydrogen) atoms. The Morgan fingerprint density at radius 2 is 1.85 bits per heavy atom. The standard InChI is InChI=1S/C23H25N3O5S3/c1-31-19-8-5-4-7-16(19)15-20-22(28)26(23(32)33-20)14-6-2-3-9-21(27)25-17-10-12-18(13-11-17)34(24,29)30/h4-5,7-8,10-13,15H,2-3,6,9,14H2,1H3,(H,25,27)(H2,24,29,30)/b20-15-. The molecule has 2 amide bonds. The number of anilines is 1. The molecular weight excluding hydrogens is 494 g/mol. The molecule has 0 bridgehead atoms. The lowest BCUT2D eigenvalue weighted by Gasteiger charge is -2.14. The molecule has 3 rings (SSSR count). The molecule has 1 saturated heterocycles. The number of thiocarbonyl (C=S) groups is 1. The number of methoxy groups -OCH3 is 1. The summed E-state index contributed by atoms with van der Waals surface area (Å²) < 4.78 is 28.4. The van der Waals surface area contributed by atoms with Gasteiger partial charge >= 0.3 is 0 Å². The van der Waals surface area contributed by atoms with E-state index in [0.717, 1.165) is 12.0 Å². The average Bonchev–Trinajstić information content (AvgIpc) is 3.06. The molecule has 1 aliphatic heterocycles. The fourth-order valence-corrected chi connectivity index (χ4v) is 5.12. The zero-order valence-corrected chi connectivity index (χ0v) is 21.0. The SMILES string of the molecule is COc1ccccc1/C=C1\SC(=S)N(CCCCCC(=O)Nc2ccc(S(N)(=O)=O)cc2)C1=O. The van der Waals surface area contributed by atoms with Crippen molar-refractivity contribution in [3.8, 4) is 5.75 Å². The molecule has 8 nitrogen and oxygen atoms in total. The number of hydrogen-bond donors (Lipinski definition) is 2. The molecular formula is C23H25N3O5S3. The molecule has 1 heterocycles. The van der Waals surface area contributed by atoms with Crippen molar-refractivity contribution in [3.05, 3.63) is 59.0 Å². The highest BCUT2D eigenvalue weighted by Crippen LogP contribution is 2.34. The van der Waals surface area contributed by atoms with Gasteiger partial charge in [0.05, 0.1) is 16.9 Å². The van der Waals surface area contributed by atoms with E-state index in [1.165, 1.54) is 36.0 Å². The molecule has 0 atom stereocenters. The van der Waals surface area contributed by atoms with Crippen LogP contribution in [-0.2, 0) is 19.6 Å². The van der Waals surface area contributed by atoms with Crippen molar-refractivity contribution in [1.82, 2.24) is 4.90 Å². The van der Waals surface area contributed by atoms with Crippen LogP contribution in [0.4, 0.5) is 5.69 Å². The van der Waals surface area contributed by atoms with Gasteiger partial charge in [-0.1, -0.05) is 48.6 Å². The van der Waals surface area contributed by atoms with Crippen LogP contribution >= 0.6 is 24.0 Å². The fourth-order valence-electron chi connectivity index (χ4n) is 3.30. The number of sulfonamides is 1. The lowest BCUT2D eigenvalue weighted by Crippen LogP contribution is -2.29. The molecule has 0 unspecified atom stereocenters. The number of primary sulfonamides is 1. The Morgan fingerprint density at radius 1 is 1.15 bits per heavy atom. The van der Waals surface area contributed by atoms with Gasteiger partial charge in [0.1, 0.15) is 10.1 Å². The van der Waals surface area contributed by atoms with E-state index in [2.05, 4.69) is 5.32 Å². The number of para-hydroxylation sites is 1. The molecule has 0 spiro atoms. The van der Waals surface area contributed by atoms with Gasteiger partial charge in [-0.25, -0.2) is 13.6 Å².